The standard InChI is InChI=1S/C28H24NO4P/c30-26(21-13-5-1-6-14-21)29-25(27(31)32)28(33)34(22-15-7-2-8-16-22,23-17-9-3-10-18-23)24-19-11-4-12-20-24/h1-20,25,28,33H,(H-,29,30,31,32)/p+1/t25-,28?/m1/s1. The van der Waals surface area contributed by atoms with Gasteiger partial charge in [-0.1, -0.05) is 72.8 Å². The topological polar surface area (TPSA) is 86.6 Å². The summed E-state index contributed by atoms with van der Waals surface area (Å²) in [6.07, 6.45) is 0. The quantitative estimate of drug-likeness (QED) is 0.345. The summed E-state index contributed by atoms with van der Waals surface area (Å²) >= 11 is 0. The molecule has 4 aromatic carbocycles. The van der Waals surface area contributed by atoms with Crippen LogP contribution in [0.2, 0.25) is 0 Å². The third-order valence-electron chi connectivity index (χ3n) is 5.77. The fraction of sp³-hybridized carbons (Fsp3) is 0.0714. The van der Waals surface area contributed by atoms with E-state index in [9.17, 15) is 19.8 Å². The van der Waals surface area contributed by atoms with Crippen LogP contribution >= 0.6 is 7.26 Å². The Balaban J connectivity index is 1.91. The van der Waals surface area contributed by atoms with Gasteiger partial charge in [-0.3, -0.25) is 4.79 Å². The zero-order chi connectivity index (χ0) is 24.0. The molecule has 5 nitrogen and oxygen atoms in total. The molecule has 3 N–H and O–H groups in total. The van der Waals surface area contributed by atoms with Crippen LogP contribution < -0.4 is 21.2 Å². The van der Waals surface area contributed by atoms with Gasteiger partial charge < -0.3 is 15.5 Å². The number of hydrogen-bond donors (Lipinski definition) is 3. The summed E-state index contributed by atoms with van der Waals surface area (Å²) in [6, 6.07) is 35.2. The molecule has 1 amide bonds. The summed E-state index contributed by atoms with van der Waals surface area (Å²) < 4.78 is 0. The maximum Gasteiger partial charge on any atom is 0.333 e. The van der Waals surface area contributed by atoms with Crippen LogP contribution in [-0.4, -0.2) is 34.0 Å². The second-order valence-electron chi connectivity index (χ2n) is 7.80. The normalized spacial score (nSPS) is 13.0. The number of carbonyl (C=O) groups excluding carboxylic acids is 1. The molecule has 1 unspecified atom stereocenters. The van der Waals surface area contributed by atoms with Gasteiger partial charge >= 0.3 is 5.97 Å². The van der Waals surface area contributed by atoms with E-state index in [1.807, 2.05) is 91.0 Å². The van der Waals surface area contributed by atoms with Crippen molar-refractivity contribution in [1.29, 1.82) is 0 Å². The van der Waals surface area contributed by atoms with Gasteiger partial charge in [0, 0.05) is 5.56 Å². The second kappa shape index (κ2) is 10.4. The lowest BCUT2D eigenvalue weighted by atomic mass is 10.2. The molecule has 0 bridgehead atoms. The third-order valence-corrected chi connectivity index (χ3v) is 10.2. The number of amides is 1. The Labute approximate surface area is 199 Å². The Kier molecular flexibility index (Phi) is 7.17. The Hall–Kier alpha value is -3.79. The van der Waals surface area contributed by atoms with E-state index in [0.717, 1.165) is 15.9 Å². The highest BCUT2D eigenvalue weighted by Gasteiger charge is 2.57. The van der Waals surface area contributed by atoms with Crippen molar-refractivity contribution in [2.24, 2.45) is 0 Å². The molecule has 4 rings (SSSR count). The van der Waals surface area contributed by atoms with Crippen molar-refractivity contribution >= 4 is 35.1 Å². The summed E-state index contributed by atoms with van der Waals surface area (Å²) in [5.74, 6) is -3.28. The summed E-state index contributed by atoms with van der Waals surface area (Å²) in [6.45, 7) is 0. The molecule has 0 spiro atoms. The first-order valence-electron chi connectivity index (χ1n) is 10.9. The third kappa shape index (κ3) is 4.49. The fourth-order valence-corrected chi connectivity index (χ4v) is 8.58. The lowest BCUT2D eigenvalue weighted by Crippen LogP contribution is -2.54. The van der Waals surface area contributed by atoms with Crippen LogP contribution in [0.15, 0.2) is 121 Å². The van der Waals surface area contributed by atoms with Crippen LogP contribution in [-0.2, 0) is 4.79 Å². The number of nitrogens with one attached hydrogen (secondary N) is 1. The van der Waals surface area contributed by atoms with Crippen LogP contribution in [0.5, 0.6) is 0 Å². The van der Waals surface area contributed by atoms with Crippen LogP contribution in [0.25, 0.3) is 0 Å². The maximum absolute atomic E-state index is 12.9. The predicted octanol–water partition coefficient (Wildman–Crippen LogP) is 3.18. The zero-order valence-corrected chi connectivity index (χ0v) is 19.3. The van der Waals surface area contributed by atoms with Crippen LogP contribution in [0.1, 0.15) is 10.4 Å². The Morgan fingerprint density at radius 1 is 0.618 bits per heavy atom. The number of aliphatic hydroxyl groups excluding tert-OH is 1. The van der Waals surface area contributed by atoms with Crippen molar-refractivity contribution in [3.05, 3.63) is 127 Å². The molecule has 2 atom stereocenters. The average molecular weight is 470 g/mol. The van der Waals surface area contributed by atoms with Crippen LogP contribution in [0, 0.1) is 0 Å². The largest absolute Gasteiger partial charge is 0.480 e. The number of aliphatic carboxylic acids is 1. The van der Waals surface area contributed by atoms with Crippen LogP contribution in [0.4, 0.5) is 0 Å². The monoisotopic (exact) mass is 470 g/mol. The van der Waals surface area contributed by atoms with E-state index in [4.69, 9.17) is 0 Å². The van der Waals surface area contributed by atoms with Crippen LogP contribution in [0.3, 0.4) is 0 Å². The van der Waals surface area contributed by atoms with Gasteiger partial charge in [0.1, 0.15) is 23.2 Å². The summed E-state index contributed by atoms with van der Waals surface area (Å²) in [7, 11) is -2.94. The molecule has 0 fully saturated rings. The van der Waals surface area contributed by atoms with Crippen molar-refractivity contribution in [2.45, 2.75) is 11.9 Å². The Morgan fingerprint density at radius 2 is 0.971 bits per heavy atom. The highest BCUT2D eigenvalue weighted by Crippen LogP contribution is 2.59. The van der Waals surface area contributed by atoms with E-state index in [-0.39, 0.29) is 0 Å². The highest BCUT2D eigenvalue weighted by atomic mass is 31.2. The lowest BCUT2D eigenvalue weighted by Gasteiger charge is -2.34. The molecular weight excluding hydrogens is 445 g/mol. The molecule has 4 aromatic rings. The van der Waals surface area contributed by atoms with E-state index in [2.05, 4.69) is 5.32 Å². The van der Waals surface area contributed by atoms with Crippen molar-refractivity contribution < 1.29 is 19.8 Å². The van der Waals surface area contributed by atoms with Gasteiger partial charge in [-0.05, 0) is 48.5 Å². The molecule has 0 radical (unpaired) electrons. The minimum atomic E-state index is -2.94. The van der Waals surface area contributed by atoms with Crippen molar-refractivity contribution in [2.75, 3.05) is 0 Å². The van der Waals surface area contributed by atoms with E-state index < -0.39 is 31.0 Å². The minimum Gasteiger partial charge on any atom is -0.480 e. The van der Waals surface area contributed by atoms with E-state index >= 15 is 0 Å². The molecule has 0 heterocycles. The molecule has 0 aliphatic carbocycles. The number of hydrogen-bond acceptors (Lipinski definition) is 3. The number of carboxylic acid groups (broad SMARTS) is 1. The van der Waals surface area contributed by atoms with Gasteiger partial charge in [0.2, 0.25) is 5.85 Å². The van der Waals surface area contributed by atoms with E-state index in [1.54, 1.807) is 30.3 Å². The molecule has 170 valence electrons. The number of carbonyl (C=O) groups is 2. The molecule has 0 aliphatic heterocycles. The Bertz CT molecular complexity index is 1140. The zero-order valence-electron chi connectivity index (χ0n) is 18.4. The van der Waals surface area contributed by atoms with Gasteiger partial charge in [0.25, 0.3) is 5.91 Å². The summed E-state index contributed by atoms with van der Waals surface area (Å²) in [5.41, 5.74) is 0.323. The predicted molar refractivity (Wildman–Crippen MR) is 136 cm³/mol. The highest BCUT2D eigenvalue weighted by molar-refractivity contribution is 7.96. The van der Waals surface area contributed by atoms with Crippen molar-refractivity contribution in [1.82, 2.24) is 5.32 Å². The second-order valence-corrected chi connectivity index (χ2v) is 11.3. The Morgan fingerprint density at radius 3 is 1.32 bits per heavy atom. The molecular formula is C28H25NO4P+. The van der Waals surface area contributed by atoms with Crippen molar-refractivity contribution in [3.8, 4) is 0 Å². The van der Waals surface area contributed by atoms with Gasteiger partial charge in [-0.25, -0.2) is 4.79 Å². The molecule has 0 saturated carbocycles. The van der Waals surface area contributed by atoms with E-state index in [1.165, 1.54) is 0 Å². The molecule has 6 heteroatoms. The SMILES string of the molecule is O=C(N[C@H](C(=O)O)C(O)[P+](c1ccccc1)(c1ccccc1)c1ccccc1)c1ccccc1. The minimum absolute atomic E-state index is 0.323. The summed E-state index contributed by atoms with van der Waals surface area (Å²) in [5, 5.41) is 27.2. The first-order valence-corrected chi connectivity index (χ1v) is 12.7. The molecule has 34 heavy (non-hydrogen) atoms. The van der Waals surface area contributed by atoms with Gasteiger partial charge in [0.15, 0.2) is 6.04 Å². The number of aliphatic hydroxyl groups is 1. The first-order chi connectivity index (χ1) is 16.5. The average Bonchev–Trinajstić information content (AvgIpc) is 2.90. The van der Waals surface area contributed by atoms with Gasteiger partial charge in [0.05, 0.1) is 0 Å². The number of rotatable bonds is 8. The number of carboxylic acids is 1. The van der Waals surface area contributed by atoms with Gasteiger partial charge in [-0.2, -0.15) is 0 Å². The maximum atomic E-state index is 12.9. The van der Waals surface area contributed by atoms with Gasteiger partial charge in [-0.15, -0.1) is 0 Å². The fourth-order valence-electron chi connectivity index (χ4n) is 4.20. The van der Waals surface area contributed by atoms with Crippen molar-refractivity contribution in [3.63, 3.8) is 0 Å². The number of benzene rings is 4. The molecule has 0 aromatic heterocycles. The molecule has 0 saturated heterocycles. The van der Waals surface area contributed by atoms with E-state index in [0.29, 0.717) is 5.56 Å². The summed E-state index contributed by atoms with van der Waals surface area (Å²) in [4.78, 5) is 25.4. The first kappa shape index (κ1) is 23.4. The smallest absolute Gasteiger partial charge is 0.333 e. The molecule has 0 aliphatic rings. The lowest BCUT2D eigenvalue weighted by molar-refractivity contribution is -0.140.